The summed E-state index contributed by atoms with van der Waals surface area (Å²) < 4.78 is 6.41. The molecule has 0 saturated heterocycles. The van der Waals surface area contributed by atoms with E-state index in [1.165, 1.54) is 17.5 Å². The number of ether oxygens (including phenoxy) is 1. The molecule has 34 heavy (non-hydrogen) atoms. The normalized spacial score (nSPS) is 17.2. The largest absolute Gasteiger partial charge is 0.482 e. The van der Waals surface area contributed by atoms with Crippen molar-refractivity contribution in [2.24, 2.45) is 0 Å². The van der Waals surface area contributed by atoms with Gasteiger partial charge < -0.3 is 9.84 Å². The van der Waals surface area contributed by atoms with E-state index in [9.17, 15) is 4.79 Å². The Labute approximate surface area is 207 Å². The van der Waals surface area contributed by atoms with Gasteiger partial charge in [0.25, 0.3) is 0 Å². The molecule has 0 unspecified atom stereocenters. The SMILES string of the molecule is CC1(C)CCC(C)(C)c2cc([C@@H](C=Cc3ccc(C(=O)O)cc3)Oc3ccc(Cl)cc3)ccc21. The smallest absolute Gasteiger partial charge is 0.335 e. The van der Waals surface area contributed by atoms with Crippen molar-refractivity contribution in [2.75, 3.05) is 0 Å². The summed E-state index contributed by atoms with van der Waals surface area (Å²) >= 11 is 6.07. The van der Waals surface area contributed by atoms with Crippen LogP contribution in [0.25, 0.3) is 6.08 Å². The second-order valence-corrected chi connectivity index (χ2v) is 10.8. The third-order valence-corrected chi connectivity index (χ3v) is 7.16. The first-order chi connectivity index (χ1) is 16.0. The first-order valence-corrected chi connectivity index (χ1v) is 12.0. The van der Waals surface area contributed by atoms with Gasteiger partial charge in [-0.25, -0.2) is 4.79 Å². The molecule has 3 aromatic carbocycles. The Hall–Kier alpha value is -3.04. The lowest BCUT2D eigenvalue weighted by molar-refractivity contribution is 0.0697. The number of carboxylic acid groups (broad SMARTS) is 1. The lowest BCUT2D eigenvalue weighted by atomic mass is 9.63. The van der Waals surface area contributed by atoms with E-state index in [4.69, 9.17) is 21.4 Å². The predicted molar refractivity (Wildman–Crippen MR) is 139 cm³/mol. The first-order valence-electron chi connectivity index (χ1n) is 11.6. The van der Waals surface area contributed by atoms with Crippen LogP contribution in [-0.2, 0) is 10.8 Å². The molecule has 0 bridgehead atoms. The predicted octanol–water partition coefficient (Wildman–Crippen LogP) is 8.22. The van der Waals surface area contributed by atoms with Crippen molar-refractivity contribution >= 4 is 23.6 Å². The minimum Gasteiger partial charge on any atom is -0.482 e. The van der Waals surface area contributed by atoms with Gasteiger partial charge in [0.2, 0.25) is 0 Å². The average Bonchev–Trinajstić information content (AvgIpc) is 2.81. The summed E-state index contributed by atoms with van der Waals surface area (Å²) in [7, 11) is 0. The number of fused-ring (bicyclic) bond motifs is 1. The molecule has 3 nitrogen and oxygen atoms in total. The van der Waals surface area contributed by atoms with E-state index in [1.54, 1.807) is 24.3 Å². The van der Waals surface area contributed by atoms with E-state index in [1.807, 2.05) is 36.4 Å². The van der Waals surface area contributed by atoms with Crippen LogP contribution in [0.2, 0.25) is 5.02 Å². The molecule has 1 atom stereocenters. The van der Waals surface area contributed by atoms with Crippen molar-refractivity contribution in [3.63, 3.8) is 0 Å². The summed E-state index contributed by atoms with van der Waals surface area (Å²) in [5.74, 6) is -0.198. The van der Waals surface area contributed by atoms with Crippen LogP contribution in [0.3, 0.4) is 0 Å². The van der Waals surface area contributed by atoms with Crippen LogP contribution < -0.4 is 4.74 Å². The minimum atomic E-state index is -0.931. The maximum atomic E-state index is 11.2. The number of benzene rings is 3. The summed E-state index contributed by atoms with van der Waals surface area (Å²) in [5.41, 5.74) is 5.30. The molecule has 0 spiro atoms. The zero-order valence-corrected chi connectivity index (χ0v) is 20.9. The Morgan fingerprint density at radius 2 is 1.53 bits per heavy atom. The molecule has 1 N–H and O–H groups in total. The number of hydrogen-bond acceptors (Lipinski definition) is 2. The van der Waals surface area contributed by atoms with Crippen molar-refractivity contribution < 1.29 is 14.6 Å². The second kappa shape index (κ2) is 9.31. The molecule has 4 rings (SSSR count). The van der Waals surface area contributed by atoms with Gasteiger partial charge in [-0.15, -0.1) is 0 Å². The molecule has 0 aromatic heterocycles. The molecule has 1 aliphatic carbocycles. The van der Waals surface area contributed by atoms with Gasteiger partial charge in [-0.3, -0.25) is 0 Å². The molecule has 0 aliphatic heterocycles. The zero-order valence-electron chi connectivity index (χ0n) is 20.1. The summed E-state index contributed by atoms with van der Waals surface area (Å²) in [6.07, 6.45) is 5.99. The van der Waals surface area contributed by atoms with Gasteiger partial charge in [0.1, 0.15) is 11.9 Å². The summed E-state index contributed by atoms with van der Waals surface area (Å²) in [6, 6.07) is 20.9. The Balaban J connectivity index is 1.72. The summed E-state index contributed by atoms with van der Waals surface area (Å²) in [4.78, 5) is 11.2. The highest BCUT2D eigenvalue weighted by molar-refractivity contribution is 6.30. The molecule has 0 heterocycles. The zero-order chi connectivity index (χ0) is 24.5. The third-order valence-electron chi connectivity index (χ3n) is 6.90. The molecule has 4 heteroatoms. The number of hydrogen-bond donors (Lipinski definition) is 1. The van der Waals surface area contributed by atoms with Crippen LogP contribution in [0.5, 0.6) is 5.75 Å². The van der Waals surface area contributed by atoms with E-state index in [-0.39, 0.29) is 22.5 Å². The molecule has 1 aliphatic rings. The number of carbonyl (C=O) groups is 1. The van der Waals surface area contributed by atoms with Gasteiger partial charge in [-0.2, -0.15) is 0 Å². The maximum Gasteiger partial charge on any atom is 0.335 e. The van der Waals surface area contributed by atoms with E-state index in [0.29, 0.717) is 5.02 Å². The van der Waals surface area contributed by atoms with E-state index >= 15 is 0 Å². The highest BCUT2D eigenvalue weighted by Crippen LogP contribution is 2.46. The molecule has 3 aromatic rings. The molecule has 0 fully saturated rings. The van der Waals surface area contributed by atoms with Crippen molar-refractivity contribution in [2.45, 2.75) is 57.5 Å². The van der Waals surface area contributed by atoms with Crippen LogP contribution in [0.15, 0.2) is 72.8 Å². The van der Waals surface area contributed by atoms with Crippen LogP contribution in [0.1, 0.15) is 79.3 Å². The van der Waals surface area contributed by atoms with Crippen LogP contribution in [0, 0.1) is 0 Å². The topological polar surface area (TPSA) is 46.5 Å². The van der Waals surface area contributed by atoms with E-state index < -0.39 is 5.97 Å². The van der Waals surface area contributed by atoms with Crippen LogP contribution in [0.4, 0.5) is 0 Å². The Morgan fingerprint density at radius 3 is 2.15 bits per heavy atom. The Kier molecular flexibility index (Phi) is 6.60. The molecule has 176 valence electrons. The maximum absolute atomic E-state index is 11.2. The lowest BCUT2D eigenvalue weighted by Gasteiger charge is -2.42. The van der Waals surface area contributed by atoms with Crippen molar-refractivity contribution in [1.82, 2.24) is 0 Å². The summed E-state index contributed by atoms with van der Waals surface area (Å²) in [5, 5.41) is 9.82. The minimum absolute atomic E-state index is 0.0993. The fraction of sp³-hybridized carbons (Fsp3) is 0.300. The van der Waals surface area contributed by atoms with Gasteiger partial charge >= 0.3 is 5.97 Å². The van der Waals surface area contributed by atoms with Gasteiger partial charge in [-0.1, -0.05) is 75.7 Å². The highest BCUT2D eigenvalue weighted by atomic mass is 35.5. The van der Waals surface area contributed by atoms with Crippen molar-refractivity contribution in [3.05, 3.63) is 106 Å². The Bertz CT molecular complexity index is 1200. The monoisotopic (exact) mass is 474 g/mol. The van der Waals surface area contributed by atoms with E-state index in [2.05, 4.69) is 45.9 Å². The van der Waals surface area contributed by atoms with Gasteiger partial charge in [0.05, 0.1) is 5.56 Å². The van der Waals surface area contributed by atoms with Crippen molar-refractivity contribution in [1.29, 1.82) is 0 Å². The molecule has 0 saturated carbocycles. The molecular weight excluding hydrogens is 444 g/mol. The number of carboxylic acids is 1. The van der Waals surface area contributed by atoms with Gasteiger partial charge in [-0.05, 0) is 88.4 Å². The second-order valence-electron chi connectivity index (χ2n) is 10.4. The highest BCUT2D eigenvalue weighted by Gasteiger charge is 2.37. The van der Waals surface area contributed by atoms with E-state index in [0.717, 1.165) is 23.3 Å². The molecular formula is C30H31ClO3. The third kappa shape index (κ3) is 5.20. The van der Waals surface area contributed by atoms with Gasteiger partial charge in [0.15, 0.2) is 0 Å². The average molecular weight is 475 g/mol. The fourth-order valence-corrected chi connectivity index (χ4v) is 4.72. The fourth-order valence-electron chi connectivity index (χ4n) is 4.60. The van der Waals surface area contributed by atoms with Gasteiger partial charge in [0, 0.05) is 5.02 Å². The van der Waals surface area contributed by atoms with Crippen LogP contribution in [-0.4, -0.2) is 11.1 Å². The van der Waals surface area contributed by atoms with Crippen molar-refractivity contribution in [3.8, 4) is 5.75 Å². The summed E-state index contributed by atoms with van der Waals surface area (Å²) in [6.45, 7) is 9.28. The number of halogens is 1. The molecule has 0 radical (unpaired) electrons. The van der Waals surface area contributed by atoms with Crippen LogP contribution >= 0.6 is 11.6 Å². The Morgan fingerprint density at radius 1 is 0.912 bits per heavy atom. The standard InChI is InChI=1S/C30H31ClO3/c1-29(2)17-18-30(3,4)26-19-22(10-15-25(26)29)27(34-24-13-11-23(31)12-14-24)16-7-20-5-8-21(9-6-20)28(32)33/h5-16,19,27H,17-18H2,1-4H3,(H,32,33)/t27-/m1/s1. The quantitative estimate of drug-likeness (QED) is 0.391. The number of aromatic carboxylic acids is 1. The first kappa shape index (κ1) is 24.1. The lowest BCUT2D eigenvalue weighted by Crippen LogP contribution is -2.34. The number of rotatable bonds is 6. The molecule has 0 amide bonds.